The van der Waals surface area contributed by atoms with Gasteiger partial charge in [-0.1, -0.05) is 31.2 Å². The topological polar surface area (TPSA) is 46.2 Å². The second kappa shape index (κ2) is 5.53. The second-order valence-electron chi connectivity index (χ2n) is 5.45. The van der Waals surface area contributed by atoms with Gasteiger partial charge in [0.2, 0.25) is 0 Å². The smallest absolute Gasteiger partial charge is 0.178 e. The summed E-state index contributed by atoms with van der Waals surface area (Å²) in [5, 5.41) is 3.49. The summed E-state index contributed by atoms with van der Waals surface area (Å²) in [4.78, 5) is 0.394. The molecule has 0 atom stereocenters. The predicted molar refractivity (Wildman–Crippen MR) is 85.4 cm³/mol. The highest BCUT2D eigenvalue weighted by atomic mass is 32.2. The third-order valence-corrected chi connectivity index (χ3v) is 5.77. The van der Waals surface area contributed by atoms with E-state index in [1.165, 1.54) is 11.1 Å². The Morgan fingerprint density at radius 3 is 2.10 bits per heavy atom. The van der Waals surface area contributed by atoms with Crippen LogP contribution in [0.15, 0.2) is 53.4 Å². The molecule has 0 saturated heterocycles. The monoisotopic (exact) mass is 301 g/mol. The summed E-state index contributed by atoms with van der Waals surface area (Å²) in [5.74, 6) is 0.137. The number of sulfone groups is 1. The minimum Gasteiger partial charge on any atom is -0.382 e. The molecular weight excluding hydrogens is 282 g/mol. The van der Waals surface area contributed by atoms with E-state index < -0.39 is 9.84 Å². The lowest BCUT2D eigenvalue weighted by Crippen LogP contribution is -2.19. The summed E-state index contributed by atoms with van der Waals surface area (Å²) in [6.45, 7) is 1.66. The molecule has 2 aromatic rings. The van der Waals surface area contributed by atoms with Gasteiger partial charge in [0.05, 0.1) is 10.6 Å². The maximum absolute atomic E-state index is 11.8. The van der Waals surface area contributed by atoms with Crippen LogP contribution in [0.2, 0.25) is 0 Å². The first-order valence-electron chi connectivity index (χ1n) is 7.24. The minimum atomic E-state index is -3.11. The number of rotatable bonds is 4. The van der Waals surface area contributed by atoms with Crippen molar-refractivity contribution in [3.05, 3.63) is 59.7 Å². The van der Waals surface area contributed by atoms with Crippen LogP contribution in [0.25, 0.3) is 0 Å². The van der Waals surface area contributed by atoms with Gasteiger partial charge < -0.3 is 5.32 Å². The molecule has 1 aliphatic rings. The van der Waals surface area contributed by atoms with E-state index in [1.807, 2.05) is 12.1 Å². The van der Waals surface area contributed by atoms with Gasteiger partial charge in [0.25, 0.3) is 0 Å². The molecular formula is C17H19NO2S. The third-order valence-electron chi connectivity index (χ3n) is 4.02. The van der Waals surface area contributed by atoms with Gasteiger partial charge in [0.1, 0.15) is 0 Å². The average molecular weight is 301 g/mol. The fourth-order valence-corrected chi connectivity index (χ4v) is 3.71. The minimum absolute atomic E-state index is 0.137. The van der Waals surface area contributed by atoms with Crippen molar-refractivity contribution in [2.45, 2.75) is 30.7 Å². The molecule has 2 aromatic carbocycles. The predicted octanol–water partition coefficient (Wildman–Crippen LogP) is 3.06. The third kappa shape index (κ3) is 2.95. The van der Waals surface area contributed by atoms with Gasteiger partial charge in [-0.15, -0.1) is 0 Å². The standard InChI is InChI=1S/C17H19NO2S/c1-2-21(19,20)17-9-7-15(8-10-17)18-16-11-13-5-3-4-6-14(13)12-16/h3-10,16,18H,2,11-12H2,1H3. The Labute approximate surface area is 125 Å². The van der Waals surface area contributed by atoms with Gasteiger partial charge in [0.15, 0.2) is 9.84 Å². The van der Waals surface area contributed by atoms with Crippen LogP contribution in [0.4, 0.5) is 5.69 Å². The van der Waals surface area contributed by atoms with Crippen LogP contribution in [-0.2, 0) is 22.7 Å². The van der Waals surface area contributed by atoms with Crippen molar-refractivity contribution in [3.8, 4) is 0 Å². The first-order chi connectivity index (χ1) is 10.1. The molecule has 0 amide bonds. The number of anilines is 1. The van der Waals surface area contributed by atoms with E-state index in [0.29, 0.717) is 10.9 Å². The number of hydrogen-bond acceptors (Lipinski definition) is 3. The zero-order valence-corrected chi connectivity index (χ0v) is 12.9. The normalized spacial score (nSPS) is 14.9. The fraction of sp³-hybridized carbons (Fsp3) is 0.294. The summed E-state index contributed by atoms with van der Waals surface area (Å²) in [7, 11) is -3.11. The van der Waals surface area contributed by atoms with Crippen LogP contribution >= 0.6 is 0 Å². The molecule has 0 spiro atoms. The lowest BCUT2D eigenvalue weighted by molar-refractivity contribution is 0.597. The van der Waals surface area contributed by atoms with E-state index in [2.05, 4.69) is 29.6 Å². The van der Waals surface area contributed by atoms with Crippen LogP contribution in [0.5, 0.6) is 0 Å². The Kier molecular flexibility index (Phi) is 3.72. The highest BCUT2D eigenvalue weighted by Crippen LogP contribution is 2.25. The van der Waals surface area contributed by atoms with E-state index in [0.717, 1.165) is 18.5 Å². The van der Waals surface area contributed by atoms with Crippen molar-refractivity contribution in [2.75, 3.05) is 11.1 Å². The summed E-state index contributed by atoms with van der Waals surface area (Å²) < 4.78 is 23.6. The van der Waals surface area contributed by atoms with Crippen LogP contribution in [-0.4, -0.2) is 20.2 Å². The molecule has 3 nitrogen and oxygen atoms in total. The molecule has 3 rings (SSSR count). The van der Waals surface area contributed by atoms with Crippen LogP contribution < -0.4 is 5.32 Å². The zero-order chi connectivity index (χ0) is 14.9. The van der Waals surface area contributed by atoms with Crippen LogP contribution in [0.3, 0.4) is 0 Å². The SMILES string of the molecule is CCS(=O)(=O)c1ccc(NC2Cc3ccccc3C2)cc1. The van der Waals surface area contributed by atoms with E-state index in [4.69, 9.17) is 0 Å². The molecule has 1 aliphatic carbocycles. The molecule has 4 heteroatoms. The van der Waals surface area contributed by atoms with Gasteiger partial charge in [-0.25, -0.2) is 8.42 Å². The molecule has 0 heterocycles. The fourth-order valence-electron chi connectivity index (χ4n) is 2.82. The van der Waals surface area contributed by atoms with Gasteiger partial charge >= 0.3 is 0 Å². The van der Waals surface area contributed by atoms with Gasteiger partial charge in [-0.05, 0) is 48.2 Å². The lowest BCUT2D eigenvalue weighted by Gasteiger charge is -2.14. The van der Waals surface area contributed by atoms with E-state index in [9.17, 15) is 8.42 Å². The highest BCUT2D eigenvalue weighted by molar-refractivity contribution is 7.91. The maximum atomic E-state index is 11.8. The highest BCUT2D eigenvalue weighted by Gasteiger charge is 2.20. The number of nitrogens with one attached hydrogen (secondary N) is 1. The average Bonchev–Trinajstić information content (AvgIpc) is 2.90. The first kappa shape index (κ1) is 14.1. The molecule has 0 aliphatic heterocycles. The summed E-state index contributed by atoms with van der Waals surface area (Å²) in [5.41, 5.74) is 3.78. The molecule has 21 heavy (non-hydrogen) atoms. The van der Waals surface area contributed by atoms with Crippen molar-refractivity contribution in [1.29, 1.82) is 0 Å². The van der Waals surface area contributed by atoms with Crippen LogP contribution in [0.1, 0.15) is 18.1 Å². The number of fused-ring (bicyclic) bond motifs is 1. The maximum Gasteiger partial charge on any atom is 0.178 e. The van der Waals surface area contributed by atoms with E-state index in [1.54, 1.807) is 19.1 Å². The second-order valence-corrected chi connectivity index (χ2v) is 7.72. The molecule has 0 saturated carbocycles. The Balaban J connectivity index is 1.70. The van der Waals surface area contributed by atoms with Crippen molar-refractivity contribution >= 4 is 15.5 Å². The summed E-state index contributed by atoms with van der Waals surface area (Å²) in [6, 6.07) is 16.0. The van der Waals surface area contributed by atoms with E-state index >= 15 is 0 Å². The van der Waals surface area contributed by atoms with Gasteiger partial charge in [-0.3, -0.25) is 0 Å². The van der Waals surface area contributed by atoms with Crippen molar-refractivity contribution in [2.24, 2.45) is 0 Å². The van der Waals surface area contributed by atoms with Crippen molar-refractivity contribution < 1.29 is 8.42 Å². The number of benzene rings is 2. The molecule has 0 radical (unpaired) electrons. The van der Waals surface area contributed by atoms with E-state index in [-0.39, 0.29) is 5.75 Å². The largest absolute Gasteiger partial charge is 0.382 e. The summed E-state index contributed by atoms with van der Waals surface area (Å²) in [6.07, 6.45) is 2.04. The zero-order valence-electron chi connectivity index (χ0n) is 12.0. The first-order valence-corrected chi connectivity index (χ1v) is 8.90. The molecule has 0 fully saturated rings. The van der Waals surface area contributed by atoms with Crippen molar-refractivity contribution in [3.63, 3.8) is 0 Å². The van der Waals surface area contributed by atoms with Gasteiger partial charge in [-0.2, -0.15) is 0 Å². The number of hydrogen-bond donors (Lipinski definition) is 1. The molecule has 0 bridgehead atoms. The molecule has 110 valence electrons. The quantitative estimate of drug-likeness (QED) is 0.944. The van der Waals surface area contributed by atoms with Gasteiger partial charge in [0, 0.05) is 11.7 Å². The summed E-state index contributed by atoms with van der Waals surface area (Å²) >= 11 is 0. The Morgan fingerprint density at radius 2 is 1.57 bits per heavy atom. The lowest BCUT2D eigenvalue weighted by atomic mass is 10.1. The Bertz CT molecular complexity index is 711. The van der Waals surface area contributed by atoms with Crippen molar-refractivity contribution in [1.82, 2.24) is 0 Å². The molecule has 0 aromatic heterocycles. The Hall–Kier alpha value is -1.81. The molecule has 0 unspecified atom stereocenters. The Morgan fingerprint density at radius 1 is 1.00 bits per heavy atom. The van der Waals surface area contributed by atoms with Crippen LogP contribution in [0, 0.1) is 0 Å². The molecule has 1 N–H and O–H groups in total.